The Kier molecular flexibility index (Phi) is 5.30. The Morgan fingerprint density at radius 3 is 2.41 bits per heavy atom. The van der Waals surface area contributed by atoms with Crippen molar-refractivity contribution in [3.63, 3.8) is 0 Å². The van der Waals surface area contributed by atoms with E-state index in [1.165, 1.54) is 11.0 Å². The van der Waals surface area contributed by atoms with Crippen LogP contribution in [0.1, 0.15) is 40.2 Å². The minimum absolute atomic E-state index is 0.0768. The van der Waals surface area contributed by atoms with Gasteiger partial charge in [0.15, 0.2) is 0 Å². The Balaban J connectivity index is 3.24. The minimum Gasteiger partial charge on any atom is -0.443 e. The standard InChI is InChI=1S/C16H22N2O4/c1-7-17(15(19)22-16(4,5)6)12-8-9-13(11(2)3)14(10-12)18(20)21/h8-10H,2,7H2,1,3-6H3. The van der Waals surface area contributed by atoms with Crippen molar-refractivity contribution < 1.29 is 14.5 Å². The lowest BCUT2D eigenvalue weighted by Gasteiger charge is -2.26. The molecule has 0 heterocycles. The average Bonchev–Trinajstić information content (AvgIpc) is 2.36. The molecule has 120 valence electrons. The molecule has 0 radical (unpaired) electrons. The molecule has 1 rings (SSSR count). The third-order valence-electron chi connectivity index (χ3n) is 2.88. The highest BCUT2D eigenvalue weighted by Crippen LogP contribution is 2.30. The quantitative estimate of drug-likeness (QED) is 0.611. The van der Waals surface area contributed by atoms with Crippen LogP contribution < -0.4 is 4.90 Å². The van der Waals surface area contributed by atoms with Crippen LogP contribution in [0.3, 0.4) is 0 Å². The molecule has 0 aliphatic heterocycles. The molecule has 1 aromatic rings. The molecule has 0 aromatic heterocycles. The summed E-state index contributed by atoms with van der Waals surface area (Å²) in [7, 11) is 0. The van der Waals surface area contributed by atoms with Crippen molar-refractivity contribution in [2.24, 2.45) is 0 Å². The molecule has 0 aliphatic rings. The second-order valence-electron chi connectivity index (χ2n) is 5.96. The molecular weight excluding hydrogens is 284 g/mol. The number of ether oxygens (including phenoxy) is 1. The highest BCUT2D eigenvalue weighted by Gasteiger charge is 2.24. The number of benzene rings is 1. The van der Waals surface area contributed by atoms with E-state index >= 15 is 0 Å². The largest absolute Gasteiger partial charge is 0.443 e. The molecule has 6 nitrogen and oxygen atoms in total. The summed E-state index contributed by atoms with van der Waals surface area (Å²) in [4.78, 5) is 24.3. The molecule has 0 bridgehead atoms. The summed E-state index contributed by atoms with van der Waals surface area (Å²) in [5, 5.41) is 11.2. The van der Waals surface area contributed by atoms with Gasteiger partial charge in [-0.2, -0.15) is 0 Å². The van der Waals surface area contributed by atoms with Crippen LogP contribution in [0.2, 0.25) is 0 Å². The highest BCUT2D eigenvalue weighted by atomic mass is 16.6. The van der Waals surface area contributed by atoms with Crippen LogP contribution in [-0.4, -0.2) is 23.2 Å². The number of carbonyl (C=O) groups is 1. The Bertz CT molecular complexity index is 603. The van der Waals surface area contributed by atoms with Gasteiger partial charge >= 0.3 is 6.09 Å². The maximum atomic E-state index is 12.2. The molecule has 0 unspecified atom stereocenters. The van der Waals surface area contributed by atoms with Gasteiger partial charge < -0.3 is 4.74 Å². The summed E-state index contributed by atoms with van der Waals surface area (Å²) in [6.45, 7) is 12.9. The zero-order chi connectivity index (χ0) is 17.1. The fourth-order valence-corrected chi connectivity index (χ4v) is 1.93. The van der Waals surface area contributed by atoms with E-state index in [1.807, 2.05) is 0 Å². The topological polar surface area (TPSA) is 72.7 Å². The van der Waals surface area contributed by atoms with E-state index in [0.29, 0.717) is 23.4 Å². The predicted molar refractivity (Wildman–Crippen MR) is 87.1 cm³/mol. The Labute approximate surface area is 130 Å². The lowest BCUT2D eigenvalue weighted by molar-refractivity contribution is -0.385. The Morgan fingerprint density at radius 2 is 2.00 bits per heavy atom. The van der Waals surface area contributed by atoms with Gasteiger partial charge in [-0.15, -0.1) is 0 Å². The SMILES string of the molecule is C=C(C)c1ccc(N(CC)C(=O)OC(C)(C)C)cc1[N+](=O)[O-]. The van der Waals surface area contributed by atoms with Gasteiger partial charge in [-0.25, -0.2) is 4.79 Å². The van der Waals surface area contributed by atoms with Gasteiger partial charge in [-0.1, -0.05) is 6.58 Å². The van der Waals surface area contributed by atoms with Gasteiger partial charge in [-0.05, 0) is 52.3 Å². The monoisotopic (exact) mass is 306 g/mol. The number of nitro benzene ring substituents is 1. The predicted octanol–water partition coefficient (Wildman–Crippen LogP) is 4.39. The molecule has 0 fully saturated rings. The van der Waals surface area contributed by atoms with E-state index in [-0.39, 0.29) is 5.69 Å². The summed E-state index contributed by atoms with van der Waals surface area (Å²) in [5.74, 6) is 0. The normalized spacial score (nSPS) is 11.0. The van der Waals surface area contributed by atoms with Crippen molar-refractivity contribution in [1.29, 1.82) is 0 Å². The van der Waals surface area contributed by atoms with Crippen LogP contribution in [0.15, 0.2) is 24.8 Å². The first kappa shape index (κ1) is 17.7. The lowest BCUT2D eigenvalue weighted by atomic mass is 10.1. The van der Waals surface area contributed by atoms with Crippen LogP contribution in [0.4, 0.5) is 16.2 Å². The van der Waals surface area contributed by atoms with E-state index in [2.05, 4.69) is 6.58 Å². The van der Waals surface area contributed by atoms with Gasteiger partial charge in [0.05, 0.1) is 16.2 Å². The zero-order valence-electron chi connectivity index (χ0n) is 13.7. The number of nitro groups is 1. The number of carbonyl (C=O) groups excluding carboxylic acids is 1. The maximum absolute atomic E-state index is 12.2. The molecule has 0 saturated carbocycles. The van der Waals surface area contributed by atoms with E-state index < -0.39 is 16.6 Å². The second kappa shape index (κ2) is 6.60. The highest BCUT2D eigenvalue weighted by molar-refractivity contribution is 5.89. The third kappa shape index (κ3) is 4.31. The average molecular weight is 306 g/mol. The van der Waals surface area contributed by atoms with Crippen molar-refractivity contribution in [3.05, 3.63) is 40.5 Å². The molecular formula is C16H22N2O4. The second-order valence-corrected chi connectivity index (χ2v) is 5.96. The first-order valence-electron chi connectivity index (χ1n) is 7.01. The molecule has 6 heteroatoms. The van der Waals surface area contributed by atoms with Crippen LogP contribution in [0.5, 0.6) is 0 Å². The van der Waals surface area contributed by atoms with E-state index in [1.54, 1.807) is 46.8 Å². The minimum atomic E-state index is -0.631. The first-order valence-corrected chi connectivity index (χ1v) is 7.01. The fourth-order valence-electron chi connectivity index (χ4n) is 1.93. The number of rotatable bonds is 4. The molecule has 0 saturated heterocycles. The number of hydrogen-bond acceptors (Lipinski definition) is 4. The van der Waals surface area contributed by atoms with E-state index in [9.17, 15) is 14.9 Å². The van der Waals surface area contributed by atoms with Crippen LogP contribution in [0.25, 0.3) is 5.57 Å². The van der Waals surface area contributed by atoms with Gasteiger partial charge in [0.25, 0.3) is 5.69 Å². The number of amides is 1. The molecule has 0 atom stereocenters. The smallest absolute Gasteiger partial charge is 0.414 e. The summed E-state index contributed by atoms with van der Waals surface area (Å²) < 4.78 is 5.32. The van der Waals surface area contributed by atoms with Gasteiger partial charge in [-0.3, -0.25) is 15.0 Å². The van der Waals surface area contributed by atoms with Crippen LogP contribution >= 0.6 is 0 Å². The van der Waals surface area contributed by atoms with Crippen LogP contribution in [0, 0.1) is 10.1 Å². The van der Waals surface area contributed by atoms with Gasteiger partial charge in [0.1, 0.15) is 5.60 Å². The van der Waals surface area contributed by atoms with Crippen molar-refractivity contribution in [1.82, 2.24) is 0 Å². The third-order valence-corrected chi connectivity index (χ3v) is 2.88. The maximum Gasteiger partial charge on any atom is 0.414 e. The Hall–Kier alpha value is -2.37. The molecule has 0 aliphatic carbocycles. The number of hydrogen-bond donors (Lipinski definition) is 0. The van der Waals surface area contributed by atoms with E-state index in [4.69, 9.17) is 4.74 Å². The fraction of sp³-hybridized carbons (Fsp3) is 0.438. The van der Waals surface area contributed by atoms with Crippen molar-refractivity contribution >= 4 is 23.0 Å². The van der Waals surface area contributed by atoms with Crippen molar-refractivity contribution in [3.8, 4) is 0 Å². The van der Waals surface area contributed by atoms with Gasteiger partial charge in [0.2, 0.25) is 0 Å². The first-order chi connectivity index (χ1) is 10.1. The van der Waals surface area contributed by atoms with Crippen LogP contribution in [-0.2, 0) is 4.74 Å². The summed E-state index contributed by atoms with van der Waals surface area (Å²) in [6.07, 6.45) is -0.535. The molecule has 0 spiro atoms. The Morgan fingerprint density at radius 1 is 1.41 bits per heavy atom. The summed E-state index contributed by atoms with van der Waals surface area (Å²) >= 11 is 0. The zero-order valence-corrected chi connectivity index (χ0v) is 13.7. The molecule has 1 amide bonds. The molecule has 0 N–H and O–H groups in total. The molecule has 22 heavy (non-hydrogen) atoms. The number of allylic oxidation sites excluding steroid dienone is 1. The summed E-state index contributed by atoms with van der Waals surface area (Å²) in [6, 6.07) is 4.63. The number of nitrogens with zero attached hydrogens (tertiary/aromatic N) is 2. The summed E-state index contributed by atoms with van der Waals surface area (Å²) in [5.41, 5.74) is 0.765. The van der Waals surface area contributed by atoms with E-state index in [0.717, 1.165) is 0 Å². The molecule has 1 aromatic carbocycles. The number of anilines is 1. The van der Waals surface area contributed by atoms with Crippen molar-refractivity contribution in [2.75, 3.05) is 11.4 Å². The van der Waals surface area contributed by atoms with Gasteiger partial charge in [0, 0.05) is 12.6 Å². The van der Waals surface area contributed by atoms with Crippen molar-refractivity contribution in [2.45, 2.75) is 40.2 Å². The lowest BCUT2D eigenvalue weighted by Crippen LogP contribution is -2.36.